The van der Waals surface area contributed by atoms with Crippen LogP contribution in [0, 0.1) is 0 Å². The zero-order valence-electron chi connectivity index (χ0n) is 13.4. The molecule has 25 heavy (non-hydrogen) atoms. The predicted molar refractivity (Wildman–Crippen MR) is 81.9 cm³/mol. The number of hydrogen-bond donors (Lipinski definition) is 2. The first-order valence-corrected chi connectivity index (χ1v) is 7.46. The number of benzene rings is 1. The van der Waals surface area contributed by atoms with Crippen molar-refractivity contribution in [2.45, 2.75) is 12.6 Å². The van der Waals surface area contributed by atoms with Gasteiger partial charge in [-0.1, -0.05) is 12.1 Å². The summed E-state index contributed by atoms with van der Waals surface area (Å²) in [5.74, 6) is -2.08. The summed E-state index contributed by atoms with van der Waals surface area (Å²) in [4.78, 5) is 24.5. The lowest BCUT2D eigenvalue weighted by Gasteiger charge is -2.13. The molecule has 6 nitrogen and oxygen atoms in total. The molecule has 0 spiro atoms. The van der Waals surface area contributed by atoms with Crippen molar-refractivity contribution in [2.24, 2.45) is 0 Å². The Labute approximate surface area is 141 Å². The van der Waals surface area contributed by atoms with Crippen LogP contribution in [0.3, 0.4) is 0 Å². The van der Waals surface area contributed by atoms with Crippen LogP contribution in [-0.2, 0) is 15.8 Å². The van der Waals surface area contributed by atoms with Crippen LogP contribution in [0.2, 0.25) is 0 Å². The molecule has 9 heteroatoms. The summed E-state index contributed by atoms with van der Waals surface area (Å²) in [6, 6.07) is 4.87. The number of carbonyl (C=O) groups is 2. The number of aliphatic hydroxyl groups excluding tert-OH is 1. The first-order chi connectivity index (χ1) is 11.7. The highest BCUT2D eigenvalue weighted by molar-refractivity contribution is 6.06. The third-order valence-electron chi connectivity index (χ3n) is 3.56. The smallest absolute Gasteiger partial charge is 0.419 e. The molecule has 0 aliphatic carbocycles. The second-order valence-electron chi connectivity index (χ2n) is 5.44. The summed E-state index contributed by atoms with van der Waals surface area (Å²) < 4.78 is 43.5. The molecule has 0 bridgehead atoms. The van der Waals surface area contributed by atoms with Gasteiger partial charge >= 0.3 is 6.18 Å². The highest BCUT2D eigenvalue weighted by Crippen LogP contribution is 2.35. The number of amides is 2. The molecule has 2 N–H and O–H groups in total. The molecule has 1 aromatic rings. The van der Waals surface area contributed by atoms with Gasteiger partial charge in [0.1, 0.15) is 5.75 Å². The summed E-state index contributed by atoms with van der Waals surface area (Å²) >= 11 is 0. The molecule has 136 valence electrons. The Balaban J connectivity index is 1.80. The molecular weight excluding hydrogens is 341 g/mol. The van der Waals surface area contributed by atoms with Crippen molar-refractivity contribution in [1.82, 2.24) is 10.2 Å². The van der Waals surface area contributed by atoms with Crippen LogP contribution >= 0.6 is 0 Å². The second-order valence-corrected chi connectivity index (χ2v) is 5.44. The Kier molecular flexibility index (Phi) is 5.55. The number of nitrogens with zero attached hydrogens (tertiary/aromatic N) is 1. The van der Waals surface area contributed by atoms with E-state index < -0.39 is 29.3 Å². The van der Waals surface area contributed by atoms with Crippen molar-refractivity contribution in [2.75, 3.05) is 26.7 Å². The predicted octanol–water partition coefficient (Wildman–Crippen LogP) is 1.87. The second kappa shape index (κ2) is 7.45. The van der Waals surface area contributed by atoms with Crippen LogP contribution in [0.25, 0.3) is 0 Å². The van der Waals surface area contributed by atoms with E-state index in [9.17, 15) is 27.9 Å². The number of carbonyl (C=O) groups excluding carboxylic acids is 2. The van der Waals surface area contributed by atoms with E-state index in [1.807, 2.05) is 0 Å². The van der Waals surface area contributed by atoms with Crippen molar-refractivity contribution in [3.05, 3.63) is 41.2 Å². The molecule has 2 amide bonds. The fourth-order valence-electron chi connectivity index (χ4n) is 2.26. The minimum Gasteiger partial charge on any atom is -0.503 e. The van der Waals surface area contributed by atoms with Gasteiger partial charge in [0.2, 0.25) is 0 Å². The minimum absolute atomic E-state index is 0.00591. The van der Waals surface area contributed by atoms with Gasteiger partial charge in [-0.3, -0.25) is 9.59 Å². The number of halogens is 3. The summed E-state index contributed by atoms with van der Waals surface area (Å²) in [5.41, 5.74) is -0.891. The molecule has 1 aliphatic heterocycles. The molecule has 1 aliphatic rings. The Hall–Kier alpha value is -2.71. The maximum Gasteiger partial charge on any atom is 0.419 e. The monoisotopic (exact) mass is 358 g/mol. The molecule has 0 saturated carbocycles. The molecule has 0 aromatic heterocycles. The number of ether oxygens (including phenoxy) is 1. The maximum absolute atomic E-state index is 12.8. The average molecular weight is 358 g/mol. The zero-order valence-corrected chi connectivity index (χ0v) is 13.4. The van der Waals surface area contributed by atoms with Crippen molar-refractivity contribution in [3.8, 4) is 5.75 Å². The van der Waals surface area contributed by atoms with Crippen LogP contribution in [0.1, 0.15) is 12.0 Å². The molecular formula is C16H17F3N2O4. The van der Waals surface area contributed by atoms with Crippen LogP contribution in [-0.4, -0.2) is 48.6 Å². The summed E-state index contributed by atoms with van der Waals surface area (Å²) in [6.45, 7) is 0.102. The van der Waals surface area contributed by atoms with E-state index in [4.69, 9.17) is 4.74 Å². The van der Waals surface area contributed by atoms with Gasteiger partial charge in [0.15, 0.2) is 5.76 Å². The van der Waals surface area contributed by atoms with Gasteiger partial charge in [0.25, 0.3) is 11.8 Å². The maximum atomic E-state index is 12.8. The standard InChI is InChI=1S/C16H17F3N2O4/c1-21-9-10(13(22)15(21)24)14(23)20-7-4-8-25-12-6-3-2-5-11(12)16(17,18)19/h2-3,5-6,22H,4,7-9H2,1H3,(H,20,23). The molecule has 0 atom stereocenters. The number of likely N-dealkylation sites (N-methyl/N-ethyl adjacent to an activating group) is 1. The van der Waals surface area contributed by atoms with Gasteiger partial charge in [-0.15, -0.1) is 0 Å². The van der Waals surface area contributed by atoms with Crippen molar-refractivity contribution >= 4 is 11.8 Å². The Morgan fingerprint density at radius 1 is 1.36 bits per heavy atom. The van der Waals surface area contributed by atoms with Crippen molar-refractivity contribution in [1.29, 1.82) is 0 Å². The van der Waals surface area contributed by atoms with E-state index in [0.29, 0.717) is 0 Å². The normalized spacial score (nSPS) is 14.9. The molecule has 0 fully saturated rings. The van der Waals surface area contributed by atoms with Gasteiger partial charge in [-0.25, -0.2) is 0 Å². The van der Waals surface area contributed by atoms with Crippen LogP contribution < -0.4 is 10.1 Å². The highest BCUT2D eigenvalue weighted by atomic mass is 19.4. The van der Waals surface area contributed by atoms with Gasteiger partial charge in [0, 0.05) is 13.6 Å². The van der Waals surface area contributed by atoms with E-state index in [1.165, 1.54) is 30.1 Å². The SMILES string of the molecule is CN1CC(C(=O)NCCCOc2ccccc2C(F)(F)F)=C(O)C1=O. The Morgan fingerprint density at radius 3 is 2.64 bits per heavy atom. The third-order valence-corrected chi connectivity index (χ3v) is 3.56. The molecule has 0 radical (unpaired) electrons. The summed E-state index contributed by atoms with van der Waals surface area (Å²) in [7, 11) is 1.45. The van der Waals surface area contributed by atoms with Crippen molar-refractivity contribution in [3.63, 3.8) is 0 Å². The number of rotatable bonds is 6. The van der Waals surface area contributed by atoms with Crippen LogP contribution in [0.5, 0.6) is 5.75 Å². The highest BCUT2D eigenvalue weighted by Gasteiger charge is 2.34. The van der Waals surface area contributed by atoms with Crippen LogP contribution in [0.15, 0.2) is 35.6 Å². The summed E-state index contributed by atoms with van der Waals surface area (Å²) in [6.07, 6.45) is -4.24. The fourth-order valence-corrected chi connectivity index (χ4v) is 2.26. The minimum atomic E-state index is -4.50. The van der Waals surface area contributed by atoms with Gasteiger partial charge in [-0.2, -0.15) is 13.2 Å². The third kappa shape index (κ3) is 4.43. The fraction of sp³-hybridized carbons (Fsp3) is 0.375. The summed E-state index contributed by atoms with van der Waals surface area (Å²) in [5, 5.41) is 12.0. The molecule has 1 heterocycles. The van der Waals surface area contributed by atoms with Gasteiger partial charge in [-0.05, 0) is 18.6 Å². The largest absolute Gasteiger partial charge is 0.503 e. The van der Waals surface area contributed by atoms with E-state index >= 15 is 0 Å². The van der Waals surface area contributed by atoms with Crippen LogP contribution in [0.4, 0.5) is 13.2 Å². The van der Waals surface area contributed by atoms with E-state index in [2.05, 4.69) is 5.32 Å². The molecule has 1 aromatic carbocycles. The lowest BCUT2D eigenvalue weighted by molar-refractivity contribution is -0.139. The molecule has 2 rings (SSSR count). The number of hydrogen-bond acceptors (Lipinski definition) is 4. The average Bonchev–Trinajstić information content (AvgIpc) is 2.81. The lowest BCUT2D eigenvalue weighted by atomic mass is 10.2. The Bertz CT molecular complexity index is 701. The van der Waals surface area contributed by atoms with Gasteiger partial charge < -0.3 is 20.1 Å². The van der Waals surface area contributed by atoms with E-state index in [-0.39, 0.29) is 37.4 Å². The van der Waals surface area contributed by atoms with Crippen molar-refractivity contribution < 1.29 is 32.6 Å². The zero-order chi connectivity index (χ0) is 18.6. The topological polar surface area (TPSA) is 78.9 Å². The number of aliphatic hydroxyl groups is 1. The van der Waals surface area contributed by atoms with E-state index in [1.54, 1.807) is 0 Å². The Morgan fingerprint density at radius 2 is 2.04 bits per heavy atom. The van der Waals surface area contributed by atoms with Gasteiger partial charge in [0.05, 0.1) is 24.3 Å². The number of para-hydroxylation sites is 1. The number of alkyl halides is 3. The lowest BCUT2D eigenvalue weighted by Crippen LogP contribution is -2.29. The number of nitrogens with one attached hydrogen (secondary N) is 1. The van der Waals surface area contributed by atoms with E-state index in [0.717, 1.165) is 6.07 Å². The quantitative estimate of drug-likeness (QED) is 0.761. The first-order valence-electron chi connectivity index (χ1n) is 7.46. The first kappa shape index (κ1) is 18.6. The molecule has 0 unspecified atom stereocenters. The molecule has 0 saturated heterocycles.